The normalized spacial score (nSPS) is 12.4. The second kappa shape index (κ2) is 3.47. The molecule has 0 radical (unpaired) electrons. The molecule has 0 rings (SSSR count). The van der Waals surface area contributed by atoms with E-state index < -0.39 is 0 Å². The number of hydrogen-bond donors (Lipinski definition) is 1. The van der Waals surface area contributed by atoms with E-state index in [1.807, 2.05) is 24.9 Å². The third-order valence-corrected chi connectivity index (χ3v) is 1.09. The van der Waals surface area contributed by atoms with Crippen molar-refractivity contribution < 1.29 is 4.68 Å². The van der Waals surface area contributed by atoms with Crippen LogP contribution in [0.2, 0.25) is 0 Å². The summed E-state index contributed by atoms with van der Waals surface area (Å²) in [5.74, 6) is 0. The predicted octanol–water partition coefficient (Wildman–Crippen LogP) is 0.632. The second-order valence-corrected chi connectivity index (χ2v) is 1.98. The molecule has 0 aromatic rings. The zero-order valence-electron chi connectivity index (χ0n) is 6.10. The fraction of sp³-hybridized carbons (Fsp3) is 0.833. The van der Waals surface area contributed by atoms with Gasteiger partial charge in [0.1, 0.15) is 0 Å². The summed E-state index contributed by atoms with van der Waals surface area (Å²) in [7, 11) is 1.92. The molecule has 0 aromatic heterocycles. The van der Waals surface area contributed by atoms with Gasteiger partial charge in [-0.15, -0.1) is 4.68 Å². The Labute approximate surface area is 51.2 Å². The summed E-state index contributed by atoms with van der Waals surface area (Å²) in [5.41, 5.74) is 3.03. The molecule has 0 aliphatic heterocycles. The molecule has 0 aliphatic carbocycles. The van der Waals surface area contributed by atoms with Crippen molar-refractivity contribution in [3.8, 4) is 0 Å². The standard InChI is InChI=1S/C6H15N2/c1-5-8(7-4)6(2)3/h5-7H,1-4H3/q+1/b8-5-. The van der Waals surface area contributed by atoms with Gasteiger partial charge < -0.3 is 0 Å². The van der Waals surface area contributed by atoms with Gasteiger partial charge in [-0.2, -0.15) is 0 Å². The Bertz CT molecular complexity index is 84.5. The smallest absolute Gasteiger partial charge is 0.175 e. The predicted molar refractivity (Wildman–Crippen MR) is 36.2 cm³/mol. The highest BCUT2D eigenvalue weighted by Crippen LogP contribution is 1.79. The van der Waals surface area contributed by atoms with Crippen LogP contribution < -0.4 is 5.43 Å². The van der Waals surface area contributed by atoms with E-state index in [1.54, 1.807) is 0 Å². The lowest BCUT2D eigenvalue weighted by Crippen LogP contribution is -2.31. The molecule has 0 saturated heterocycles. The van der Waals surface area contributed by atoms with Crippen molar-refractivity contribution in [2.75, 3.05) is 7.05 Å². The van der Waals surface area contributed by atoms with Crippen LogP contribution >= 0.6 is 0 Å². The van der Waals surface area contributed by atoms with E-state index in [1.165, 1.54) is 0 Å². The van der Waals surface area contributed by atoms with Crippen LogP contribution in [-0.4, -0.2) is 24.0 Å². The highest BCUT2D eigenvalue weighted by molar-refractivity contribution is 5.46. The highest BCUT2D eigenvalue weighted by Gasteiger charge is 2.02. The van der Waals surface area contributed by atoms with Crippen LogP contribution in [-0.2, 0) is 0 Å². The van der Waals surface area contributed by atoms with Gasteiger partial charge in [0.25, 0.3) is 0 Å². The maximum Gasteiger partial charge on any atom is 0.175 e. The molecule has 0 fully saturated rings. The SMILES string of the molecule is C/C=[N+](\NC)C(C)C. The number of hydrazone groups is 1. The Hall–Kier alpha value is -0.530. The van der Waals surface area contributed by atoms with Gasteiger partial charge in [-0.25, -0.2) is 5.43 Å². The van der Waals surface area contributed by atoms with Gasteiger partial charge in [-0.3, -0.25) is 0 Å². The van der Waals surface area contributed by atoms with Gasteiger partial charge in [-0.05, 0) is 13.8 Å². The van der Waals surface area contributed by atoms with E-state index in [0.717, 1.165) is 0 Å². The van der Waals surface area contributed by atoms with Crippen LogP contribution in [0, 0.1) is 0 Å². The maximum absolute atomic E-state index is 3.03. The van der Waals surface area contributed by atoms with Crippen LogP contribution in [0.1, 0.15) is 20.8 Å². The first kappa shape index (κ1) is 7.47. The number of nitrogens with one attached hydrogen (secondary N) is 1. The Balaban J connectivity index is 3.72. The monoisotopic (exact) mass is 115 g/mol. The van der Waals surface area contributed by atoms with Gasteiger partial charge in [0.05, 0.1) is 7.05 Å². The largest absolute Gasteiger partial charge is 0.202 e. The number of rotatable bonds is 2. The molecule has 2 nitrogen and oxygen atoms in total. The van der Waals surface area contributed by atoms with E-state index in [0.29, 0.717) is 6.04 Å². The first-order chi connectivity index (χ1) is 3.72. The van der Waals surface area contributed by atoms with E-state index in [-0.39, 0.29) is 0 Å². The molecule has 0 bridgehead atoms. The van der Waals surface area contributed by atoms with E-state index in [2.05, 4.69) is 19.3 Å². The number of hydrogen-bond acceptors (Lipinski definition) is 1. The van der Waals surface area contributed by atoms with Crippen LogP contribution in [0.4, 0.5) is 0 Å². The van der Waals surface area contributed by atoms with Crippen molar-refractivity contribution in [3.63, 3.8) is 0 Å². The molecule has 8 heavy (non-hydrogen) atoms. The molecule has 0 amide bonds. The molecule has 0 spiro atoms. The number of hydrazine groups is 1. The summed E-state index contributed by atoms with van der Waals surface area (Å²) >= 11 is 0. The summed E-state index contributed by atoms with van der Waals surface area (Å²) < 4.78 is 2.04. The first-order valence-corrected chi connectivity index (χ1v) is 2.97. The molecular formula is C6H15N2+. The van der Waals surface area contributed by atoms with Gasteiger partial charge >= 0.3 is 0 Å². The molecular weight excluding hydrogens is 100 g/mol. The van der Waals surface area contributed by atoms with Crippen molar-refractivity contribution >= 4 is 6.21 Å². The highest BCUT2D eigenvalue weighted by atomic mass is 15.4. The van der Waals surface area contributed by atoms with Crippen molar-refractivity contribution in [2.24, 2.45) is 0 Å². The minimum absolute atomic E-state index is 0.546. The Kier molecular flexibility index (Phi) is 3.24. The fourth-order valence-electron chi connectivity index (χ4n) is 0.685. The molecule has 0 heterocycles. The lowest BCUT2D eigenvalue weighted by atomic mass is 10.4. The van der Waals surface area contributed by atoms with Crippen molar-refractivity contribution in [1.29, 1.82) is 0 Å². The maximum atomic E-state index is 3.03. The quantitative estimate of drug-likeness (QED) is 0.317. The van der Waals surface area contributed by atoms with Gasteiger partial charge in [0.2, 0.25) is 0 Å². The lowest BCUT2D eigenvalue weighted by Gasteiger charge is -2.01. The van der Waals surface area contributed by atoms with Crippen LogP contribution in [0.3, 0.4) is 0 Å². The van der Waals surface area contributed by atoms with Crippen molar-refractivity contribution in [2.45, 2.75) is 26.8 Å². The second-order valence-electron chi connectivity index (χ2n) is 1.98. The zero-order valence-corrected chi connectivity index (χ0v) is 6.10. The minimum Gasteiger partial charge on any atom is -0.202 e. The summed E-state index contributed by atoms with van der Waals surface area (Å²) in [6.45, 7) is 6.28. The van der Waals surface area contributed by atoms with E-state index in [4.69, 9.17) is 0 Å². The summed E-state index contributed by atoms with van der Waals surface area (Å²) in [4.78, 5) is 0. The van der Waals surface area contributed by atoms with Crippen molar-refractivity contribution in [3.05, 3.63) is 0 Å². The minimum atomic E-state index is 0.546. The average molecular weight is 115 g/mol. The molecule has 0 unspecified atom stereocenters. The lowest BCUT2D eigenvalue weighted by molar-refractivity contribution is -0.607. The van der Waals surface area contributed by atoms with Crippen LogP contribution in [0.15, 0.2) is 0 Å². The summed E-state index contributed by atoms with van der Waals surface area (Å²) in [6.07, 6.45) is 2.02. The molecule has 0 aromatic carbocycles. The van der Waals surface area contributed by atoms with E-state index >= 15 is 0 Å². The van der Waals surface area contributed by atoms with Gasteiger partial charge in [0, 0.05) is 6.92 Å². The third-order valence-electron chi connectivity index (χ3n) is 1.09. The van der Waals surface area contributed by atoms with E-state index in [9.17, 15) is 0 Å². The third kappa shape index (κ3) is 1.96. The van der Waals surface area contributed by atoms with Gasteiger partial charge in [0.15, 0.2) is 12.3 Å². The molecule has 1 N–H and O–H groups in total. The molecule has 0 aliphatic rings. The molecule has 0 atom stereocenters. The first-order valence-electron chi connectivity index (χ1n) is 2.97. The van der Waals surface area contributed by atoms with Gasteiger partial charge in [-0.1, -0.05) is 0 Å². The molecule has 0 saturated carbocycles. The molecule has 2 heteroatoms. The van der Waals surface area contributed by atoms with Crippen LogP contribution in [0.5, 0.6) is 0 Å². The number of nitrogens with zero attached hydrogens (tertiary/aromatic N) is 1. The topological polar surface area (TPSA) is 15.0 Å². The Morgan fingerprint density at radius 2 is 2.00 bits per heavy atom. The molecule has 48 valence electrons. The zero-order chi connectivity index (χ0) is 6.57. The Morgan fingerprint density at radius 3 is 2.00 bits per heavy atom. The van der Waals surface area contributed by atoms with Crippen molar-refractivity contribution in [1.82, 2.24) is 5.43 Å². The van der Waals surface area contributed by atoms with Crippen LogP contribution in [0.25, 0.3) is 0 Å². The summed E-state index contributed by atoms with van der Waals surface area (Å²) in [6, 6.07) is 0.546. The average Bonchev–Trinajstić information content (AvgIpc) is 1.69. The fourth-order valence-corrected chi connectivity index (χ4v) is 0.685. The Morgan fingerprint density at radius 1 is 1.50 bits per heavy atom. The summed E-state index contributed by atoms with van der Waals surface area (Å²) in [5, 5.41) is 0.